The van der Waals surface area contributed by atoms with Gasteiger partial charge in [0.2, 0.25) is 0 Å². The summed E-state index contributed by atoms with van der Waals surface area (Å²) in [4.78, 5) is 11.7. The number of halogens is 2. The lowest BCUT2D eigenvalue weighted by Gasteiger charge is -2.10. The van der Waals surface area contributed by atoms with Crippen LogP contribution in [0.3, 0.4) is 0 Å². The first-order valence-electron chi connectivity index (χ1n) is 5.45. The van der Waals surface area contributed by atoms with Gasteiger partial charge in [-0.15, -0.1) is 0 Å². The van der Waals surface area contributed by atoms with Gasteiger partial charge >= 0.3 is 0 Å². The van der Waals surface area contributed by atoms with E-state index in [1.165, 1.54) is 19.2 Å². The number of aliphatic hydroxyl groups excluding tert-OH is 1. The minimum absolute atomic E-state index is 0.0226. The fourth-order valence-corrected chi connectivity index (χ4v) is 1.77. The summed E-state index contributed by atoms with van der Waals surface area (Å²) in [5, 5.41) is 11.9. The van der Waals surface area contributed by atoms with Gasteiger partial charge in [-0.3, -0.25) is 4.79 Å². The zero-order chi connectivity index (χ0) is 13.5. The normalized spacial score (nSPS) is 12.2. The molecule has 0 fully saturated rings. The van der Waals surface area contributed by atoms with Crippen molar-refractivity contribution >= 4 is 21.8 Å². The van der Waals surface area contributed by atoms with Gasteiger partial charge in [0.15, 0.2) is 0 Å². The second-order valence-electron chi connectivity index (χ2n) is 3.76. The number of aliphatic hydroxyl groups is 1. The lowest BCUT2D eigenvalue weighted by Crippen LogP contribution is -2.29. The Labute approximate surface area is 113 Å². The van der Waals surface area contributed by atoms with E-state index in [2.05, 4.69) is 21.2 Å². The van der Waals surface area contributed by atoms with Crippen molar-refractivity contribution in [3.63, 3.8) is 0 Å². The van der Waals surface area contributed by atoms with Crippen LogP contribution < -0.4 is 5.32 Å². The van der Waals surface area contributed by atoms with E-state index in [0.29, 0.717) is 6.42 Å². The van der Waals surface area contributed by atoms with Gasteiger partial charge in [0, 0.05) is 13.7 Å². The summed E-state index contributed by atoms with van der Waals surface area (Å²) >= 11 is 3.01. The third-order valence-electron chi connectivity index (χ3n) is 2.32. The predicted octanol–water partition coefficient (Wildman–Crippen LogP) is 1.72. The minimum atomic E-state index is -0.636. The van der Waals surface area contributed by atoms with Gasteiger partial charge < -0.3 is 15.2 Å². The van der Waals surface area contributed by atoms with Gasteiger partial charge in [-0.05, 0) is 34.5 Å². The predicted molar refractivity (Wildman–Crippen MR) is 68.9 cm³/mol. The van der Waals surface area contributed by atoms with Crippen LogP contribution in [0.15, 0.2) is 22.7 Å². The number of carbonyl (C=O) groups is 1. The van der Waals surface area contributed by atoms with Crippen molar-refractivity contribution in [3.8, 4) is 0 Å². The van der Waals surface area contributed by atoms with Gasteiger partial charge in [-0.1, -0.05) is 6.07 Å². The maximum Gasteiger partial charge on any atom is 0.254 e. The highest BCUT2D eigenvalue weighted by Gasteiger charge is 2.13. The monoisotopic (exact) mass is 319 g/mol. The first kappa shape index (κ1) is 15.1. The molecule has 0 saturated heterocycles. The average molecular weight is 320 g/mol. The van der Waals surface area contributed by atoms with E-state index >= 15 is 0 Å². The molecular weight excluding hydrogens is 305 g/mol. The molecule has 1 amide bonds. The van der Waals surface area contributed by atoms with Crippen molar-refractivity contribution in [3.05, 3.63) is 34.1 Å². The third-order valence-corrected chi connectivity index (χ3v) is 2.93. The molecule has 0 spiro atoms. The molecule has 6 heteroatoms. The molecule has 2 N–H and O–H groups in total. The molecule has 0 bridgehead atoms. The van der Waals surface area contributed by atoms with E-state index in [9.17, 15) is 14.3 Å². The molecule has 100 valence electrons. The SMILES string of the molecule is COCC(O)CCNC(=O)c1cccc(Br)c1F. The summed E-state index contributed by atoms with van der Waals surface area (Å²) in [6.07, 6.45) is -0.280. The highest BCUT2D eigenvalue weighted by Crippen LogP contribution is 2.18. The highest BCUT2D eigenvalue weighted by molar-refractivity contribution is 9.10. The first-order chi connectivity index (χ1) is 8.56. The van der Waals surface area contributed by atoms with Crippen molar-refractivity contribution in [1.82, 2.24) is 5.32 Å². The van der Waals surface area contributed by atoms with E-state index in [1.807, 2.05) is 0 Å². The molecule has 1 atom stereocenters. The number of carbonyl (C=O) groups excluding carboxylic acids is 1. The maximum absolute atomic E-state index is 13.6. The molecule has 0 heterocycles. The molecule has 1 unspecified atom stereocenters. The lowest BCUT2D eigenvalue weighted by molar-refractivity contribution is 0.0587. The van der Waals surface area contributed by atoms with Gasteiger partial charge in [0.05, 0.1) is 22.7 Å². The van der Waals surface area contributed by atoms with Crippen LogP contribution in [0.4, 0.5) is 4.39 Å². The van der Waals surface area contributed by atoms with E-state index in [0.717, 1.165) is 0 Å². The van der Waals surface area contributed by atoms with Gasteiger partial charge in [-0.25, -0.2) is 4.39 Å². The van der Waals surface area contributed by atoms with Crippen molar-refractivity contribution < 1.29 is 19.0 Å². The number of rotatable bonds is 6. The fraction of sp³-hybridized carbons (Fsp3) is 0.417. The van der Waals surface area contributed by atoms with Crippen LogP contribution in [0.2, 0.25) is 0 Å². The van der Waals surface area contributed by atoms with Crippen LogP contribution in [0, 0.1) is 5.82 Å². The van der Waals surface area contributed by atoms with Crippen molar-refractivity contribution in [2.24, 2.45) is 0 Å². The number of amides is 1. The van der Waals surface area contributed by atoms with Crippen LogP contribution in [0.25, 0.3) is 0 Å². The smallest absolute Gasteiger partial charge is 0.254 e. The summed E-state index contributed by atoms with van der Waals surface area (Å²) in [6, 6.07) is 4.51. The number of hydrogen-bond donors (Lipinski definition) is 2. The van der Waals surface area contributed by atoms with E-state index in [4.69, 9.17) is 4.74 Å². The van der Waals surface area contributed by atoms with Gasteiger partial charge in [0.25, 0.3) is 5.91 Å². The molecule has 0 aliphatic rings. The summed E-state index contributed by atoms with van der Waals surface area (Å²) in [5.41, 5.74) is -0.0226. The van der Waals surface area contributed by atoms with Crippen LogP contribution in [-0.4, -0.2) is 37.4 Å². The fourth-order valence-electron chi connectivity index (χ4n) is 1.40. The number of nitrogens with one attached hydrogen (secondary N) is 1. The Morgan fingerprint density at radius 3 is 3.00 bits per heavy atom. The van der Waals surface area contributed by atoms with E-state index in [-0.39, 0.29) is 23.2 Å². The molecule has 0 aromatic heterocycles. The number of methoxy groups -OCH3 is 1. The van der Waals surface area contributed by atoms with Crippen LogP contribution >= 0.6 is 15.9 Å². The zero-order valence-electron chi connectivity index (χ0n) is 9.95. The third kappa shape index (κ3) is 4.36. The Balaban J connectivity index is 2.48. The van der Waals surface area contributed by atoms with Crippen molar-refractivity contribution in [2.75, 3.05) is 20.3 Å². The minimum Gasteiger partial charge on any atom is -0.391 e. The maximum atomic E-state index is 13.6. The second kappa shape index (κ2) is 7.45. The summed E-state index contributed by atoms with van der Waals surface area (Å²) in [7, 11) is 1.48. The molecule has 0 saturated carbocycles. The van der Waals surface area contributed by atoms with Crippen LogP contribution in [0.5, 0.6) is 0 Å². The Bertz CT molecular complexity index is 414. The molecule has 1 aromatic rings. The number of benzene rings is 1. The Hall–Kier alpha value is -0.980. The largest absolute Gasteiger partial charge is 0.391 e. The topological polar surface area (TPSA) is 58.6 Å². The molecular formula is C12H15BrFNO3. The summed E-state index contributed by atoms with van der Waals surface area (Å²) in [5.74, 6) is -1.09. The lowest BCUT2D eigenvalue weighted by atomic mass is 10.2. The standard InChI is InChI=1S/C12H15BrFNO3/c1-18-7-8(16)5-6-15-12(17)9-3-2-4-10(13)11(9)14/h2-4,8,16H,5-7H2,1H3,(H,15,17). The number of hydrogen-bond acceptors (Lipinski definition) is 3. The van der Waals surface area contributed by atoms with Crippen molar-refractivity contribution in [2.45, 2.75) is 12.5 Å². The van der Waals surface area contributed by atoms with E-state index in [1.54, 1.807) is 6.07 Å². The molecule has 0 radical (unpaired) electrons. The molecule has 1 rings (SSSR count). The van der Waals surface area contributed by atoms with Gasteiger partial charge in [-0.2, -0.15) is 0 Å². The Kier molecular flexibility index (Phi) is 6.24. The highest BCUT2D eigenvalue weighted by atomic mass is 79.9. The van der Waals surface area contributed by atoms with Crippen LogP contribution in [-0.2, 0) is 4.74 Å². The molecule has 1 aromatic carbocycles. The quantitative estimate of drug-likeness (QED) is 0.839. The Morgan fingerprint density at radius 2 is 2.33 bits per heavy atom. The van der Waals surface area contributed by atoms with E-state index < -0.39 is 17.8 Å². The second-order valence-corrected chi connectivity index (χ2v) is 4.61. The van der Waals surface area contributed by atoms with Crippen LogP contribution in [0.1, 0.15) is 16.8 Å². The zero-order valence-corrected chi connectivity index (χ0v) is 11.5. The summed E-state index contributed by atoms with van der Waals surface area (Å²) < 4.78 is 18.6. The van der Waals surface area contributed by atoms with Gasteiger partial charge in [0.1, 0.15) is 5.82 Å². The first-order valence-corrected chi connectivity index (χ1v) is 6.24. The molecule has 18 heavy (non-hydrogen) atoms. The molecule has 4 nitrogen and oxygen atoms in total. The Morgan fingerprint density at radius 1 is 1.61 bits per heavy atom. The number of ether oxygens (including phenoxy) is 1. The molecule has 0 aliphatic carbocycles. The average Bonchev–Trinajstić information content (AvgIpc) is 2.33. The molecule has 0 aliphatic heterocycles. The summed E-state index contributed by atoms with van der Waals surface area (Å²) in [6.45, 7) is 0.469. The van der Waals surface area contributed by atoms with Crippen molar-refractivity contribution in [1.29, 1.82) is 0 Å².